The van der Waals surface area contributed by atoms with Crippen LogP contribution in [-0.4, -0.2) is 38.7 Å². The molecule has 0 bridgehead atoms. The van der Waals surface area contributed by atoms with Crippen LogP contribution in [0.3, 0.4) is 0 Å². The van der Waals surface area contributed by atoms with Gasteiger partial charge in [0.25, 0.3) is 0 Å². The van der Waals surface area contributed by atoms with E-state index in [1.54, 1.807) is 72.8 Å². The third-order valence-corrected chi connectivity index (χ3v) is 11.5. The Balaban J connectivity index is 1.54. The minimum absolute atomic E-state index is 0.0250. The van der Waals surface area contributed by atoms with E-state index in [9.17, 15) is 23.1 Å². The number of para-hydroxylation sites is 1. The van der Waals surface area contributed by atoms with E-state index in [0.717, 1.165) is 49.2 Å². The monoisotopic (exact) mass is 810 g/mol. The number of ether oxygens (including phenoxy) is 3. The Labute approximate surface area is 340 Å². The summed E-state index contributed by atoms with van der Waals surface area (Å²) in [5, 5.41) is 10.1. The van der Waals surface area contributed by atoms with E-state index in [-0.39, 0.29) is 22.8 Å². The van der Waals surface area contributed by atoms with Gasteiger partial charge in [-0.3, -0.25) is 4.79 Å². The molecule has 0 aliphatic rings. The fourth-order valence-corrected chi connectivity index (χ4v) is 8.50. The molecule has 5 aromatic carbocycles. The zero-order valence-electron chi connectivity index (χ0n) is 32.6. The van der Waals surface area contributed by atoms with Gasteiger partial charge in [0.15, 0.2) is 6.10 Å². The molecule has 57 heavy (non-hydrogen) atoms. The maximum atomic E-state index is 14.1. The molecule has 1 N–H and O–H groups in total. The Morgan fingerprint density at radius 2 is 1.46 bits per heavy atom. The van der Waals surface area contributed by atoms with E-state index < -0.39 is 28.2 Å². The van der Waals surface area contributed by atoms with Gasteiger partial charge in [0.2, 0.25) is 0 Å². The summed E-state index contributed by atoms with van der Waals surface area (Å²) < 4.78 is 51.6. The summed E-state index contributed by atoms with van der Waals surface area (Å²) in [6.07, 6.45) is 6.36. The highest BCUT2D eigenvalue weighted by molar-refractivity contribution is 8.00. The van der Waals surface area contributed by atoms with Crippen molar-refractivity contribution in [2.75, 3.05) is 13.2 Å². The van der Waals surface area contributed by atoms with Gasteiger partial charge in [-0.25, -0.2) is 4.79 Å². The number of carboxylic acid groups (broad SMARTS) is 1. The van der Waals surface area contributed by atoms with Gasteiger partial charge < -0.3 is 23.5 Å². The van der Waals surface area contributed by atoms with Crippen molar-refractivity contribution in [1.82, 2.24) is 0 Å². The lowest BCUT2D eigenvalue weighted by Crippen LogP contribution is -2.14. The first-order valence-electron chi connectivity index (χ1n) is 19.3. The van der Waals surface area contributed by atoms with Crippen molar-refractivity contribution in [3.63, 3.8) is 0 Å². The Morgan fingerprint density at radius 1 is 0.737 bits per heavy atom. The molecule has 0 aliphatic heterocycles. The van der Waals surface area contributed by atoms with Gasteiger partial charge in [0.05, 0.1) is 18.8 Å². The predicted octanol–water partition coefficient (Wildman–Crippen LogP) is 11.3. The zero-order chi connectivity index (χ0) is 40.6. The Morgan fingerprint density at radius 3 is 2.18 bits per heavy atom. The lowest BCUT2D eigenvalue weighted by Gasteiger charge is -2.23. The van der Waals surface area contributed by atoms with Crippen molar-refractivity contribution in [3.05, 3.63) is 138 Å². The molecule has 0 fully saturated rings. The second-order valence-electron chi connectivity index (χ2n) is 13.6. The van der Waals surface area contributed by atoms with E-state index in [4.69, 9.17) is 18.4 Å². The molecule has 9 nitrogen and oxygen atoms in total. The summed E-state index contributed by atoms with van der Waals surface area (Å²) in [6, 6.07) is 32.9. The summed E-state index contributed by atoms with van der Waals surface area (Å²) in [4.78, 5) is 26.2. The van der Waals surface area contributed by atoms with Gasteiger partial charge in [0.1, 0.15) is 16.4 Å². The average Bonchev–Trinajstić information content (AvgIpc) is 3.20. The van der Waals surface area contributed by atoms with Crippen LogP contribution >= 0.6 is 11.8 Å². The van der Waals surface area contributed by atoms with Gasteiger partial charge in [-0.1, -0.05) is 106 Å². The predicted molar refractivity (Wildman–Crippen MR) is 223 cm³/mol. The number of carbonyl (C=O) groups excluding carboxylic acids is 1. The number of aromatic carboxylic acids is 1. The Kier molecular flexibility index (Phi) is 16.2. The van der Waals surface area contributed by atoms with Crippen LogP contribution in [0.1, 0.15) is 98.9 Å². The van der Waals surface area contributed by atoms with E-state index in [1.807, 2.05) is 36.4 Å². The van der Waals surface area contributed by atoms with Gasteiger partial charge in [0, 0.05) is 28.9 Å². The fourth-order valence-electron chi connectivity index (χ4n) is 6.21. The molecule has 5 rings (SSSR count). The Bertz CT molecular complexity index is 2190. The van der Waals surface area contributed by atoms with Crippen LogP contribution in [0.2, 0.25) is 0 Å². The highest BCUT2D eigenvalue weighted by atomic mass is 32.2. The standard InChI is InChI=1S/C46H50O9S2/c1-4-6-8-9-15-26-52-32-34-28-36(30-37(29-34)46(48)49)45(54-33(3)47)42-19-14-13-18-41(42)35-20-25-43(56-40-23-21-38(22-24-40)53-27-7-5-2)44(31-35)57(50,51)55-39-16-11-10-12-17-39/h10-14,16-25,28-31,45H,4-9,15,26-27,32H2,1-3H3,(H,48,49). The molecular formula is C46H50O9S2. The smallest absolute Gasteiger partial charge is 0.340 e. The second-order valence-corrected chi connectivity index (χ2v) is 16.2. The number of hydrogen-bond donors (Lipinski definition) is 1. The van der Waals surface area contributed by atoms with Crippen LogP contribution in [0.25, 0.3) is 11.1 Å². The maximum Gasteiger partial charge on any atom is 0.340 e. The number of benzene rings is 5. The van der Waals surface area contributed by atoms with Crippen molar-refractivity contribution >= 4 is 33.8 Å². The number of unbranched alkanes of at least 4 members (excludes halogenated alkanes) is 5. The lowest BCUT2D eigenvalue weighted by molar-refractivity contribution is -0.144. The molecule has 0 radical (unpaired) electrons. The molecular weight excluding hydrogens is 761 g/mol. The number of esters is 1. The molecule has 0 aliphatic carbocycles. The van der Waals surface area contributed by atoms with Crippen molar-refractivity contribution in [1.29, 1.82) is 0 Å². The van der Waals surface area contributed by atoms with Gasteiger partial charge in [-0.2, -0.15) is 8.42 Å². The van der Waals surface area contributed by atoms with Crippen LogP contribution in [0.5, 0.6) is 11.5 Å². The molecule has 0 spiro atoms. The summed E-state index contributed by atoms with van der Waals surface area (Å²) in [7, 11) is -4.37. The third kappa shape index (κ3) is 12.7. The number of carbonyl (C=O) groups is 2. The van der Waals surface area contributed by atoms with Gasteiger partial charge >= 0.3 is 22.1 Å². The molecule has 1 unspecified atom stereocenters. The minimum atomic E-state index is -4.37. The topological polar surface area (TPSA) is 125 Å². The normalized spacial score (nSPS) is 11.8. The molecule has 11 heteroatoms. The van der Waals surface area contributed by atoms with Crippen LogP contribution in [-0.2, 0) is 31.0 Å². The average molecular weight is 811 g/mol. The first kappa shape index (κ1) is 43.0. The molecule has 0 saturated carbocycles. The van der Waals surface area contributed by atoms with E-state index in [1.165, 1.54) is 31.2 Å². The summed E-state index contributed by atoms with van der Waals surface area (Å²) in [6.45, 7) is 6.90. The third-order valence-electron chi connectivity index (χ3n) is 9.04. The molecule has 5 aromatic rings. The number of carboxylic acids is 1. The van der Waals surface area contributed by atoms with E-state index in [2.05, 4.69) is 13.8 Å². The first-order chi connectivity index (χ1) is 27.6. The molecule has 0 heterocycles. The molecule has 0 amide bonds. The maximum absolute atomic E-state index is 14.1. The summed E-state index contributed by atoms with van der Waals surface area (Å²) in [5.74, 6) is -0.813. The van der Waals surface area contributed by atoms with Gasteiger partial charge in [-0.15, -0.1) is 0 Å². The zero-order valence-corrected chi connectivity index (χ0v) is 34.3. The first-order valence-corrected chi connectivity index (χ1v) is 21.6. The quantitative estimate of drug-likeness (QED) is 0.0410. The highest BCUT2D eigenvalue weighted by Crippen LogP contribution is 2.40. The summed E-state index contributed by atoms with van der Waals surface area (Å²) in [5.41, 5.74) is 2.72. The number of hydrogen-bond acceptors (Lipinski definition) is 9. The minimum Gasteiger partial charge on any atom is -0.494 e. The van der Waals surface area contributed by atoms with Crippen LogP contribution in [0.4, 0.5) is 0 Å². The van der Waals surface area contributed by atoms with Crippen LogP contribution in [0.15, 0.2) is 130 Å². The lowest BCUT2D eigenvalue weighted by atomic mass is 9.91. The molecule has 0 saturated heterocycles. The van der Waals surface area contributed by atoms with Crippen molar-refractivity contribution in [2.45, 2.75) is 93.1 Å². The van der Waals surface area contributed by atoms with Gasteiger partial charge in [-0.05, 0) is 102 Å². The van der Waals surface area contributed by atoms with Crippen molar-refractivity contribution in [2.24, 2.45) is 0 Å². The van der Waals surface area contributed by atoms with E-state index in [0.29, 0.717) is 45.9 Å². The SMILES string of the molecule is CCCCCCCOCc1cc(C(=O)O)cc(C(OC(C)=O)c2ccccc2-c2ccc(Sc3ccc(OCCCC)cc3)c(S(=O)(=O)Oc3ccccc3)c2)c1. The molecule has 1 atom stereocenters. The van der Waals surface area contributed by atoms with E-state index >= 15 is 0 Å². The molecule has 300 valence electrons. The van der Waals surface area contributed by atoms with Crippen LogP contribution < -0.4 is 8.92 Å². The largest absolute Gasteiger partial charge is 0.494 e. The number of rotatable bonds is 22. The summed E-state index contributed by atoms with van der Waals surface area (Å²) >= 11 is 1.28. The van der Waals surface area contributed by atoms with Crippen molar-refractivity contribution in [3.8, 4) is 22.6 Å². The second kappa shape index (κ2) is 21.4. The molecule has 0 aromatic heterocycles. The highest BCUT2D eigenvalue weighted by Gasteiger charge is 2.27. The van der Waals surface area contributed by atoms with Crippen LogP contribution in [0, 0.1) is 0 Å². The fraction of sp³-hybridized carbons (Fsp3) is 0.304. The van der Waals surface area contributed by atoms with Crippen molar-refractivity contribution < 1.29 is 41.5 Å². The Hall–Kier alpha value is -5.10.